The zero-order valence-electron chi connectivity index (χ0n) is 7.26. The molecule has 0 bridgehead atoms. The third kappa shape index (κ3) is 3.95. The van der Waals surface area contributed by atoms with E-state index in [0.717, 1.165) is 0 Å². The molecule has 1 atom stereocenters. The van der Waals surface area contributed by atoms with Crippen molar-refractivity contribution in [2.24, 2.45) is 0 Å². The van der Waals surface area contributed by atoms with Crippen molar-refractivity contribution < 1.29 is 25.8 Å². The van der Waals surface area contributed by atoms with Crippen LogP contribution >= 0.6 is 0 Å². The lowest BCUT2D eigenvalue weighted by atomic mass is 10.2. The Balaban J connectivity index is 4.36. The molecule has 3 nitrogen and oxygen atoms in total. The molecule has 0 fully saturated rings. The second-order valence-electron chi connectivity index (χ2n) is 2.60. The van der Waals surface area contributed by atoms with Crippen LogP contribution in [-0.4, -0.2) is 20.0 Å². The molecule has 0 aromatic heterocycles. The quantitative estimate of drug-likeness (QED) is 0.538. The normalized spacial score (nSPS) is 15.8. The molecular weight excluding hydrogens is 209 g/mol. The first-order valence-electron chi connectivity index (χ1n) is 3.70. The van der Waals surface area contributed by atoms with E-state index < -0.39 is 21.7 Å². The lowest BCUT2D eigenvalue weighted by Crippen LogP contribution is -2.28. The van der Waals surface area contributed by atoms with E-state index in [9.17, 15) is 21.6 Å². The highest BCUT2D eigenvalue weighted by Gasteiger charge is 2.47. The molecule has 0 aliphatic rings. The van der Waals surface area contributed by atoms with Crippen LogP contribution in [-0.2, 0) is 14.3 Å². The third-order valence-corrected chi connectivity index (χ3v) is 2.42. The van der Waals surface area contributed by atoms with Gasteiger partial charge in [0.2, 0.25) is 0 Å². The molecule has 0 aromatic rings. The summed E-state index contributed by atoms with van der Waals surface area (Å²) in [4.78, 5) is 0. The Labute approximate surface area is 75.0 Å². The van der Waals surface area contributed by atoms with Gasteiger partial charge in [0.15, 0.2) is 0 Å². The van der Waals surface area contributed by atoms with Crippen LogP contribution < -0.4 is 0 Å². The van der Waals surface area contributed by atoms with E-state index >= 15 is 0 Å². The number of rotatable bonds is 4. The van der Waals surface area contributed by atoms with Gasteiger partial charge in [0, 0.05) is 0 Å². The molecule has 0 saturated carbocycles. The smallest absolute Gasteiger partial charge is 0.260 e. The van der Waals surface area contributed by atoms with E-state index in [1.54, 1.807) is 6.92 Å². The van der Waals surface area contributed by atoms with Crippen LogP contribution in [0.3, 0.4) is 0 Å². The van der Waals surface area contributed by atoms with Gasteiger partial charge in [-0.05, 0) is 13.3 Å². The van der Waals surface area contributed by atoms with Gasteiger partial charge in [0.05, 0.1) is 6.10 Å². The Kier molecular flexibility index (Phi) is 4.18. The molecule has 0 spiro atoms. The summed E-state index contributed by atoms with van der Waals surface area (Å²) in [6.45, 7) is 3.01. The average Bonchev–Trinajstić information content (AvgIpc) is 1.83. The van der Waals surface area contributed by atoms with Crippen molar-refractivity contribution in [2.45, 2.75) is 38.3 Å². The first-order valence-corrected chi connectivity index (χ1v) is 5.11. The SMILES string of the molecule is CCCC(C)OS(=O)(=O)C(F)(F)F. The van der Waals surface area contributed by atoms with Crippen molar-refractivity contribution in [2.75, 3.05) is 0 Å². The van der Waals surface area contributed by atoms with Crippen molar-refractivity contribution in [3.63, 3.8) is 0 Å². The van der Waals surface area contributed by atoms with E-state index in [2.05, 4.69) is 4.18 Å². The second kappa shape index (κ2) is 4.28. The summed E-state index contributed by atoms with van der Waals surface area (Å²) in [6, 6.07) is 0. The van der Waals surface area contributed by atoms with Gasteiger partial charge >= 0.3 is 15.6 Å². The lowest BCUT2D eigenvalue weighted by Gasteiger charge is -2.13. The Morgan fingerprint density at radius 3 is 2.15 bits per heavy atom. The largest absolute Gasteiger partial charge is 0.523 e. The molecule has 0 aliphatic carbocycles. The Morgan fingerprint density at radius 2 is 1.85 bits per heavy atom. The molecule has 13 heavy (non-hydrogen) atoms. The van der Waals surface area contributed by atoms with Crippen LogP contribution in [0.25, 0.3) is 0 Å². The van der Waals surface area contributed by atoms with Gasteiger partial charge in [0.25, 0.3) is 0 Å². The Hall–Kier alpha value is -0.300. The highest BCUT2D eigenvalue weighted by Crippen LogP contribution is 2.26. The summed E-state index contributed by atoms with van der Waals surface area (Å²) >= 11 is 0. The molecule has 0 heterocycles. The molecule has 0 aliphatic heterocycles. The molecule has 0 amide bonds. The minimum Gasteiger partial charge on any atom is -0.260 e. The molecule has 80 valence electrons. The van der Waals surface area contributed by atoms with Crippen LogP contribution in [0.1, 0.15) is 26.7 Å². The fourth-order valence-electron chi connectivity index (χ4n) is 0.725. The first kappa shape index (κ1) is 12.7. The fraction of sp³-hybridized carbons (Fsp3) is 1.00. The first-order chi connectivity index (χ1) is 5.70. The Morgan fingerprint density at radius 1 is 1.38 bits per heavy atom. The van der Waals surface area contributed by atoms with Crippen molar-refractivity contribution >= 4 is 10.1 Å². The molecule has 7 heteroatoms. The lowest BCUT2D eigenvalue weighted by molar-refractivity contribution is -0.0570. The number of halogens is 3. The molecule has 0 radical (unpaired) electrons. The minimum absolute atomic E-state index is 0.273. The van der Waals surface area contributed by atoms with Gasteiger partial charge in [-0.3, -0.25) is 4.18 Å². The van der Waals surface area contributed by atoms with Gasteiger partial charge in [-0.15, -0.1) is 0 Å². The van der Waals surface area contributed by atoms with Crippen molar-refractivity contribution in [1.82, 2.24) is 0 Å². The van der Waals surface area contributed by atoms with Crippen LogP contribution in [0.15, 0.2) is 0 Å². The van der Waals surface area contributed by atoms with E-state index in [1.807, 2.05) is 0 Å². The van der Waals surface area contributed by atoms with Gasteiger partial charge in [-0.2, -0.15) is 21.6 Å². The van der Waals surface area contributed by atoms with E-state index in [1.165, 1.54) is 6.92 Å². The Bertz CT molecular complexity index is 244. The van der Waals surface area contributed by atoms with E-state index in [0.29, 0.717) is 6.42 Å². The van der Waals surface area contributed by atoms with Crippen LogP contribution in [0.5, 0.6) is 0 Å². The van der Waals surface area contributed by atoms with Crippen molar-refractivity contribution in [1.29, 1.82) is 0 Å². The van der Waals surface area contributed by atoms with Crippen molar-refractivity contribution in [3.05, 3.63) is 0 Å². The van der Waals surface area contributed by atoms with Crippen LogP contribution in [0.4, 0.5) is 13.2 Å². The predicted molar refractivity (Wildman–Crippen MR) is 40.4 cm³/mol. The molecule has 0 rings (SSSR count). The third-order valence-electron chi connectivity index (χ3n) is 1.27. The predicted octanol–water partition coefficient (Wildman–Crippen LogP) is 2.04. The average molecular weight is 220 g/mol. The van der Waals surface area contributed by atoms with Gasteiger partial charge in [0.1, 0.15) is 0 Å². The number of alkyl halides is 3. The minimum atomic E-state index is -5.42. The molecule has 1 unspecified atom stereocenters. The molecule has 0 N–H and O–H groups in total. The van der Waals surface area contributed by atoms with E-state index in [4.69, 9.17) is 0 Å². The van der Waals surface area contributed by atoms with Gasteiger partial charge < -0.3 is 0 Å². The maximum absolute atomic E-state index is 11.7. The topological polar surface area (TPSA) is 43.4 Å². The summed E-state index contributed by atoms with van der Waals surface area (Å²) < 4.78 is 59.8. The summed E-state index contributed by atoms with van der Waals surface area (Å²) in [7, 11) is -5.42. The van der Waals surface area contributed by atoms with Gasteiger partial charge in [-0.1, -0.05) is 13.3 Å². The van der Waals surface area contributed by atoms with Gasteiger partial charge in [-0.25, -0.2) is 0 Å². The summed E-state index contributed by atoms with van der Waals surface area (Å²) in [5, 5.41) is 0. The summed E-state index contributed by atoms with van der Waals surface area (Å²) in [5.74, 6) is 0. The molecule has 0 saturated heterocycles. The summed E-state index contributed by atoms with van der Waals surface area (Å²) in [6.07, 6.45) is -0.0965. The summed E-state index contributed by atoms with van der Waals surface area (Å²) in [5.41, 5.74) is -5.32. The molecular formula is C6H11F3O3S. The van der Waals surface area contributed by atoms with Crippen molar-refractivity contribution in [3.8, 4) is 0 Å². The second-order valence-corrected chi connectivity index (χ2v) is 4.16. The number of hydrogen-bond donors (Lipinski definition) is 0. The molecule has 0 aromatic carbocycles. The number of hydrogen-bond acceptors (Lipinski definition) is 3. The zero-order valence-corrected chi connectivity index (χ0v) is 8.07. The van der Waals surface area contributed by atoms with E-state index in [-0.39, 0.29) is 6.42 Å². The monoisotopic (exact) mass is 220 g/mol. The maximum Gasteiger partial charge on any atom is 0.523 e. The standard InChI is InChI=1S/C6H11F3O3S/c1-3-4-5(2)12-13(10,11)6(7,8)9/h5H,3-4H2,1-2H3. The maximum atomic E-state index is 11.7. The zero-order chi connectivity index (χ0) is 10.7. The van der Waals surface area contributed by atoms with Crippen LogP contribution in [0.2, 0.25) is 0 Å². The van der Waals surface area contributed by atoms with Crippen LogP contribution in [0, 0.1) is 0 Å². The fourth-order valence-corrected chi connectivity index (χ4v) is 1.36. The highest BCUT2D eigenvalue weighted by atomic mass is 32.2. The highest BCUT2D eigenvalue weighted by molar-refractivity contribution is 7.87.